The number of hydrogen-bond donors (Lipinski definition) is 2. The summed E-state index contributed by atoms with van der Waals surface area (Å²) in [4.78, 5) is 25.0. The van der Waals surface area contributed by atoms with Gasteiger partial charge in [-0.2, -0.15) is 0 Å². The summed E-state index contributed by atoms with van der Waals surface area (Å²) in [5, 5.41) is 14.6. The Hall–Kier alpha value is -4.18. The molecule has 0 aliphatic rings. The normalized spacial score (nSPS) is 10.6. The van der Waals surface area contributed by atoms with Gasteiger partial charge in [-0.3, -0.25) is 14.2 Å². The van der Waals surface area contributed by atoms with Gasteiger partial charge in [0, 0.05) is 16.9 Å². The molecule has 0 saturated heterocycles. The number of nitrogens with one attached hydrogen (secondary N) is 2. The Morgan fingerprint density at radius 2 is 1.81 bits per heavy atom. The van der Waals surface area contributed by atoms with E-state index in [0.717, 1.165) is 11.3 Å². The topological polar surface area (TPSA) is 98.1 Å². The zero-order valence-electron chi connectivity index (χ0n) is 19.7. The first-order valence-electron chi connectivity index (χ1n) is 11.0. The molecule has 0 bridgehead atoms. The van der Waals surface area contributed by atoms with E-state index in [1.807, 2.05) is 31.2 Å². The van der Waals surface area contributed by atoms with Gasteiger partial charge in [0.2, 0.25) is 5.91 Å². The van der Waals surface area contributed by atoms with Crippen LogP contribution in [0.3, 0.4) is 0 Å². The van der Waals surface area contributed by atoms with Crippen molar-refractivity contribution in [2.75, 3.05) is 18.2 Å². The first-order chi connectivity index (χ1) is 17.4. The zero-order valence-corrected chi connectivity index (χ0v) is 20.5. The molecular weight excluding hydrogens is 481 g/mol. The number of rotatable bonds is 9. The van der Waals surface area contributed by atoms with Crippen molar-refractivity contribution in [3.05, 3.63) is 95.6 Å². The van der Waals surface area contributed by atoms with Gasteiger partial charge in [0.05, 0.1) is 19.4 Å². The second-order valence-electron chi connectivity index (χ2n) is 7.83. The summed E-state index contributed by atoms with van der Waals surface area (Å²) in [6, 6.07) is 20.2. The molecule has 4 rings (SSSR count). The van der Waals surface area contributed by atoms with Crippen LogP contribution in [0.5, 0.6) is 5.75 Å². The minimum absolute atomic E-state index is 0.0644. The molecule has 0 radical (unpaired) electrons. The van der Waals surface area contributed by atoms with E-state index >= 15 is 0 Å². The smallest absolute Gasteiger partial charge is 0.251 e. The summed E-state index contributed by atoms with van der Waals surface area (Å²) < 4.78 is 20.4. The van der Waals surface area contributed by atoms with Crippen LogP contribution in [-0.4, -0.2) is 39.4 Å². The van der Waals surface area contributed by atoms with Crippen molar-refractivity contribution in [1.82, 2.24) is 20.1 Å². The summed E-state index contributed by atoms with van der Waals surface area (Å²) in [5.74, 6) is 0.156. The van der Waals surface area contributed by atoms with E-state index in [1.54, 1.807) is 35.9 Å². The fourth-order valence-corrected chi connectivity index (χ4v) is 4.20. The summed E-state index contributed by atoms with van der Waals surface area (Å²) in [5.41, 5.74) is 2.70. The highest BCUT2D eigenvalue weighted by molar-refractivity contribution is 7.99. The molecule has 0 aliphatic carbocycles. The average molecular weight is 506 g/mol. The molecule has 1 aromatic heterocycles. The molecule has 0 saturated carbocycles. The highest BCUT2D eigenvalue weighted by Gasteiger charge is 2.17. The highest BCUT2D eigenvalue weighted by Crippen LogP contribution is 2.23. The molecule has 0 spiro atoms. The van der Waals surface area contributed by atoms with E-state index in [1.165, 1.54) is 36.0 Å². The Morgan fingerprint density at radius 1 is 1.03 bits per heavy atom. The number of carbonyl (C=O) groups excluding carboxylic acids is 2. The van der Waals surface area contributed by atoms with Gasteiger partial charge >= 0.3 is 0 Å². The highest BCUT2D eigenvalue weighted by atomic mass is 32.2. The molecule has 36 heavy (non-hydrogen) atoms. The SMILES string of the molecule is COc1ccc(NC(=O)CSc2nnc(CNC(=O)c3cccc(F)c3)n2-c2cccc(C)c2)cc1. The van der Waals surface area contributed by atoms with E-state index in [9.17, 15) is 14.0 Å². The maximum absolute atomic E-state index is 13.5. The lowest BCUT2D eigenvalue weighted by molar-refractivity contribution is -0.113. The molecule has 0 fully saturated rings. The van der Waals surface area contributed by atoms with Crippen LogP contribution in [-0.2, 0) is 11.3 Å². The predicted octanol–water partition coefficient (Wildman–Crippen LogP) is 4.38. The Morgan fingerprint density at radius 3 is 2.53 bits per heavy atom. The van der Waals surface area contributed by atoms with E-state index < -0.39 is 11.7 Å². The van der Waals surface area contributed by atoms with Crippen LogP contribution in [0, 0.1) is 12.7 Å². The van der Waals surface area contributed by atoms with Gasteiger partial charge in [0.1, 0.15) is 11.6 Å². The number of anilines is 1. The van der Waals surface area contributed by atoms with Gasteiger partial charge in [0.25, 0.3) is 5.91 Å². The molecule has 2 N–H and O–H groups in total. The Labute approximate surface area is 211 Å². The number of hydrogen-bond acceptors (Lipinski definition) is 6. The predicted molar refractivity (Wildman–Crippen MR) is 136 cm³/mol. The van der Waals surface area contributed by atoms with Crippen molar-refractivity contribution >= 4 is 29.3 Å². The van der Waals surface area contributed by atoms with E-state index in [2.05, 4.69) is 20.8 Å². The third kappa shape index (κ3) is 6.28. The van der Waals surface area contributed by atoms with Crippen LogP contribution in [0.4, 0.5) is 10.1 Å². The molecule has 2 amide bonds. The maximum Gasteiger partial charge on any atom is 0.251 e. The number of thioether (sulfide) groups is 1. The number of aryl methyl sites for hydroxylation is 1. The number of halogens is 1. The third-order valence-electron chi connectivity index (χ3n) is 5.16. The lowest BCUT2D eigenvalue weighted by atomic mass is 10.2. The van der Waals surface area contributed by atoms with Crippen LogP contribution < -0.4 is 15.4 Å². The third-order valence-corrected chi connectivity index (χ3v) is 6.09. The molecule has 1 heterocycles. The van der Waals surface area contributed by atoms with Gasteiger partial charge in [-0.15, -0.1) is 10.2 Å². The largest absolute Gasteiger partial charge is 0.497 e. The van der Waals surface area contributed by atoms with Crippen LogP contribution in [0.25, 0.3) is 5.69 Å². The minimum Gasteiger partial charge on any atom is -0.497 e. The second kappa shape index (κ2) is 11.5. The monoisotopic (exact) mass is 505 g/mol. The standard InChI is InChI=1S/C26H24FN5O3S/c1-17-5-3-8-21(13-17)32-23(15-28-25(34)18-6-4-7-19(27)14-18)30-31-26(32)36-16-24(33)29-20-9-11-22(35-2)12-10-20/h3-14H,15-16H2,1-2H3,(H,28,34)(H,29,33). The molecule has 10 heteroatoms. The first kappa shape index (κ1) is 24.9. The van der Waals surface area contributed by atoms with E-state index in [0.29, 0.717) is 22.4 Å². The first-order valence-corrected chi connectivity index (χ1v) is 12.0. The zero-order chi connectivity index (χ0) is 25.5. The molecule has 4 aromatic rings. The molecule has 0 unspecified atom stereocenters. The Bertz CT molecular complexity index is 1370. The maximum atomic E-state index is 13.5. The van der Waals surface area contributed by atoms with Crippen LogP contribution in [0.15, 0.2) is 78.0 Å². The van der Waals surface area contributed by atoms with Crippen LogP contribution in [0.2, 0.25) is 0 Å². The number of amides is 2. The van der Waals surface area contributed by atoms with Crippen molar-refractivity contribution in [3.63, 3.8) is 0 Å². The minimum atomic E-state index is -0.489. The molecule has 184 valence electrons. The molecule has 8 nitrogen and oxygen atoms in total. The second-order valence-corrected chi connectivity index (χ2v) is 8.77. The lowest BCUT2D eigenvalue weighted by Gasteiger charge is -2.12. The van der Waals surface area contributed by atoms with Gasteiger partial charge in [0.15, 0.2) is 11.0 Å². The van der Waals surface area contributed by atoms with Crippen LogP contribution in [0.1, 0.15) is 21.7 Å². The van der Waals surface area contributed by atoms with Gasteiger partial charge < -0.3 is 15.4 Å². The summed E-state index contributed by atoms with van der Waals surface area (Å²) in [6.45, 7) is 2.03. The summed E-state index contributed by atoms with van der Waals surface area (Å²) in [7, 11) is 1.58. The number of aromatic nitrogens is 3. The fourth-order valence-electron chi connectivity index (χ4n) is 3.43. The average Bonchev–Trinajstić information content (AvgIpc) is 3.29. The van der Waals surface area contributed by atoms with Crippen molar-refractivity contribution in [2.45, 2.75) is 18.6 Å². The number of carbonyl (C=O) groups is 2. The van der Waals surface area contributed by atoms with Crippen molar-refractivity contribution < 1.29 is 18.7 Å². The molecular formula is C26H24FN5O3S. The number of methoxy groups -OCH3 is 1. The van der Waals surface area contributed by atoms with E-state index in [4.69, 9.17) is 4.74 Å². The quantitative estimate of drug-likeness (QED) is 0.328. The number of ether oxygens (including phenoxy) is 1. The van der Waals surface area contributed by atoms with Crippen molar-refractivity contribution in [3.8, 4) is 11.4 Å². The molecule has 0 aliphatic heterocycles. The Kier molecular flexibility index (Phi) is 7.96. The molecule has 0 atom stereocenters. The fraction of sp³-hybridized carbons (Fsp3) is 0.154. The number of benzene rings is 3. The Balaban J connectivity index is 1.49. The van der Waals surface area contributed by atoms with Crippen molar-refractivity contribution in [2.24, 2.45) is 0 Å². The summed E-state index contributed by atoms with van der Waals surface area (Å²) in [6.07, 6.45) is 0. The van der Waals surface area contributed by atoms with Gasteiger partial charge in [-0.05, 0) is 67.1 Å². The van der Waals surface area contributed by atoms with Gasteiger partial charge in [-0.25, -0.2) is 4.39 Å². The van der Waals surface area contributed by atoms with Crippen molar-refractivity contribution in [1.29, 1.82) is 0 Å². The van der Waals surface area contributed by atoms with Gasteiger partial charge in [-0.1, -0.05) is 30.0 Å². The van der Waals surface area contributed by atoms with Crippen LogP contribution >= 0.6 is 11.8 Å². The lowest BCUT2D eigenvalue weighted by Crippen LogP contribution is -2.24. The van der Waals surface area contributed by atoms with E-state index in [-0.39, 0.29) is 23.8 Å². The number of nitrogens with zero attached hydrogens (tertiary/aromatic N) is 3. The molecule has 3 aromatic carbocycles. The summed E-state index contributed by atoms with van der Waals surface area (Å²) >= 11 is 1.23.